The van der Waals surface area contributed by atoms with Crippen molar-refractivity contribution in [2.75, 3.05) is 13.1 Å². The summed E-state index contributed by atoms with van der Waals surface area (Å²) in [5, 5.41) is 9.41. The lowest BCUT2D eigenvalue weighted by molar-refractivity contribution is 0.0144. The van der Waals surface area contributed by atoms with Gasteiger partial charge in [0.2, 0.25) is 0 Å². The van der Waals surface area contributed by atoms with E-state index in [2.05, 4.69) is 18.4 Å². The molecule has 1 aliphatic rings. The van der Waals surface area contributed by atoms with E-state index in [0.29, 0.717) is 0 Å². The molecule has 1 fully saturated rings. The van der Waals surface area contributed by atoms with Gasteiger partial charge in [-0.3, -0.25) is 4.90 Å². The highest BCUT2D eigenvalue weighted by molar-refractivity contribution is 4.82. The van der Waals surface area contributed by atoms with Gasteiger partial charge in [0.05, 0.1) is 0 Å². The Hall–Kier alpha value is -0.340. The topological polar surface area (TPSA) is 23.5 Å². The third-order valence-corrected chi connectivity index (χ3v) is 2.27. The summed E-state index contributed by atoms with van der Waals surface area (Å²) in [6.45, 7) is 7.81. The average Bonchev–Trinajstić information content (AvgIpc) is 2.03. The van der Waals surface area contributed by atoms with Crippen LogP contribution < -0.4 is 0 Å². The van der Waals surface area contributed by atoms with Crippen LogP contribution in [0.4, 0.5) is 0 Å². The first kappa shape index (κ1) is 8.75. The van der Waals surface area contributed by atoms with E-state index in [1.165, 1.54) is 12.8 Å². The molecule has 1 N–H and O–H groups in total. The summed E-state index contributed by atoms with van der Waals surface area (Å²) in [7, 11) is 0. The molecule has 2 unspecified atom stereocenters. The number of rotatable bonds is 2. The van der Waals surface area contributed by atoms with Crippen molar-refractivity contribution in [3.63, 3.8) is 0 Å². The molecule has 64 valence electrons. The van der Waals surface area contributed by atoms with Gasteiger partial charge < -0.3 is 5.11 Å². The van der Waals surface area contributed by atoms with Crippen molar-refractivity contribution in [3.8, 4) is 0 Å². The SMILES string of the molecule is C=CC(O)N1CCCC(C)C1. The van der Waals surface area contributed by atoms with E-state index in [9.17, 15) is 5.11 Å². The molecule has 0 spiro atoms. The zero-order valence-electron chi connectivity index (χ0n) is 7.16. The van der Waals surface area contributed by atoms with Gasteiger partial charge in [-0.2, -0.15) is 0 Å². The van der Waals surface area contributed by atoms with E-state index < -0.39 is 6.23 Å². The zero-order chi connectivity index (χ0) is 8.27. The molecular weight excluding hydrogens is 138 g/mol. The molecule has 0 aromatic rings. The number of hydrogen-bond acceptors (Lipinski definition) is 2. The summed E-state index contributed by atoms with van der Waals surface area (Å²) in [5.74, 6) is 0.721. The van der Waals surface area contributed by atoms with Crippen LogP contribution in [0.3, 0.4) is 0 Å². The Bertz CT molecular complexity index is 136. The number of piperidine rings is 1. The van der Waals surface area contributed by atoms with Gasteiger partial charge in [-0.25, -0.2) is 0 Å². The molecule has 1 aliphatic heterocycles. The van der Waals surface area contributed by atoms with Crippen molar-refractivity contribution in [2.24, 2.45) is 5.92 Å². The second kappa shape index (κ2) is 3.88. The predicted octanol–water partition coefficient (Wildman–Crippen LogP) is 1.22. The largest absolute Gasteiger partial charge is 0.375 e. The molecule has 2 atom stereocenters. The molecular formula is C9H17NO. The van der Waals surface area contributed by atoms with Crippen LogP contribution in [0.1, 0.15) is 19.8 Å². The Morgan fingerprint density at radius 3 is 3.00 bits per heavy atom. The maximum atomic E-state index is 9.41. The quantitative estimate of drug-likeness (QED) is 0.606. The van der Waals surface area contributed by atoms with Crippen molar-refractivity contribution in [3.05, 3.63) is 12.7 Å². The second-order valence-corrected chi connectivity index (χ2v) is 3.39. The van der Waals surface area contributed by atoms with Crippen molar-refractivity contribution < 1.29 is 5.11 Å². The fourth-order valence-corrected chi connectivity index (χ4v) is 1.62. The highest BCUT2D eigenvalue weighted by Gasteiger charge is 2.19. The summed E-state index contributed by atoms with van der Waals surface area (Å²) in [4.78, 5) is 2.07. The predicted molar refractivity (Wildman–Crippen MR) is 46.2 cm³/mol. The minimum atomic E-state index is -0.433. The van der Waals surface area contributed by atoms with Gasteiger partial charge in [-0.15, -0.1) is 0 Å². The van der Waals surface area contributed by atoms with Crippen molar-refractivity contribution in [1.82, 2.24) is 4.90 Å². The smallest absolute Gasteiger partial charge is 0.126 e. The standard InChI is InChI=1S/C9H17NO/c1-3-9(11)10-6-4-5-8(2)7-10/h3,8-9,11H,1,4-7H2,2H3. The molecule has 11 heavy (non-hydrogen) atoms. The van der Waals surface area contributed by atoms with Crippen LogP contribution in [0.15, 0.2) is 12.7 Å². The first-order valence-electron chi connectivity index (χ1n) is 4.28. The number of aliphatic hydroxyl groups is 1. The summed E-state index contributed by atoms with van der Waals surface area (Å²) in [6, 6.07) is 0. The van der Waals surface area contributed by atoms with E-state index >= 15 is 0 Å². The maximum Gasteiger partial charge on any atom is 0.126 e. The number of hydrogen-bond donors (Lipinski definition) is 1. The van der Waals surface area contributed by atoms with Crippen LogP contribution in [0.2, 0.25) is 0 Å². The minimum absolute atomic E-state index is 0.433. The molecule has 2 heteroatoms. The fourth-order valence-electron chi connectivity index (χ4n) is 1.62. The fraction of sp³-hybridized carbons (Fsp3) is 0.778. The summed E-state index contributed by atoms with van der Waals surface area (Å²) < 4.78 is 0. The average molecular weight is 155 g/mol. The number of likely N-dealkylation sites (tertiary alicyclic amines) is 1. The summed E-state index contributed by atoms with van der Waals surface area (Å²) >= 11 is 0. The molecule has 0 aliphatic carbocycles. The van der Waals surface area contributed by atoms with Gasteiger partial charge in [0.15, 0.2) is 0 Å². The molecule has 1 saturated heterocycles. The Morgan fingerprint density at radius 2 is 2.45 bits per heavy atom. The molecule has 0 radical (unpaired) electrons. The van der Waals surface area contributed by atoms with Crippen LogP contribution in [0.25, 0.3) is 0 Å². The monoisotopic (exact) mass is 155 g/mol. The zero-order valence-corrected chi connectivity index (χ0v) is 7.16. The van der Waals surface area contributed by atoms with Gasteiger partial charge in [0.1, 0.15) is 6.23 Å². The van der Waals surface area contributed by atoms with Gasteiger partial charge >= 0.3 is 0 Å². The van der Waals surface area contributed by atoms with Crippen LogP contribution in [-0.2, 0) is 0 Å². The Kier molecular flexibility index (Phi) is 3.09. The Morgan fingerprint density at radius 1 is 1.73 bits per heavy atom. The van der Waals surface area contributed by atoms with Crippen molar-refractivity contribution in [1.29, 1.82) is 0 Å². The van der Waals surface area contributed by atoms with E-state index in [0.717, 1.165) is 19.0 Å². The molecule has 0 amide bonds. The molecule has 0 aromatic carbocycles. The highest BCUT2D eigenvalue weighted by Crippen LogP contribution is 2.16. The first-order valence-corrected chi connectivity index (χ1v) is 4.28. The minimum Gasteiger partial charge on any atom is -0.375 e. The Balaban J connectivity index is 2.38. The molecule has 1 heterocycles. The third-order valence-electron chi connectivity index (χ3n) is 2.27. The highest BCUT2D eigenvalue weighted by atomic mass is 16.3. The summed E-state index contributed by atoms with van der Waals surface area (Å²) in [6.07, 6.45) is 3.66. The van der Waals surface area contributed by atoms with Gasteiger partial charge in [0, 0.05) is 13.1 Å². The lowest BCUT2D eigenvalue weighted by Gasteiger charge is -2.32. The lowest BCUT2D eigenvalue weighted by Crippen LogP contribution is -2.40. The lowest BCUT2D eigenvalue weighted by atomic mass is 10.0. The number of aliphatic hydroxyl groups excluding tert-OH is 1. The van der Waals surface area contributed by atoms with Gasteiger partial charge in [0.25, 0.3) is 0 Å². The van der Waals surface area contributed by atoms with Crippen LogP contribution in [-0.4, -0.2) is 29.3 Å². The van der Waals surface area contributed by atoms with E-state index in [1.54, 1.807) is 6.08 Å². The maximum absolute atomic E-state index is 9.41. The Labute approximate surface area is 68.5 Å². The van der Waals surface area contributed by atoms with Crippen LogP contribution in [0, 0.1) is 5.92 Å². The molecule has 0 saturated carbocycles. The van der Waals surface area contributed by atoms with Crippen molar-refractivity contribution >= 4 is 0 Å². The van der Waals surface area contributed by atoms with E-state index in [4.69, 9.17) is 0 Å². The second-order valence-electron chi connectivity index (χ2n) is 3.39. The van der Waals surface area contributed by atoms with Crippen LogP contribution >= 0.6 is 0 Å². The molecule has 1 rings (SSSR count). The third kappa shape index (κ3) is 2.31. The summed E-state index contributed by atoms with van der Waals surface area (Å²) in [5.41, 5.74) is 0. The van der Waals surface area contributed by atoms with Crippen LogP contribution in [0.5, 0.6) is 0 Å². The molecule has 2 nitrogen and oxygen atoms in total. The van der Waals surface area contributed by atoms with Gasteiger partial charge in [-0.05, 0) is 24.8 Å². The first-order chi connectivity index (χ1) is 5.24. The van der Waals surface area contributed by atoms with E-state index in [-0.39, 0.29) is 0 Å². The van der Waals surface area contributed by atoms with Crippen molar-refractivity contribution in [2.45, 2.75) is 26.0 Å². The molecule has 0 bridgehead atoms. The number of nitrogens with zero attached hydrogens (tertiary/aromatic N) is 1. The van der Waals surface area contributed by atoms with E-state index in [1.807, 2.05) is 0 Å². The van der Waals surface area contributed by atoms with Gasteiger partial charge in [-0.1, -0.05) is 13.5 Å². The normalized spacial score (nSPS) is 29.8. The molecule has 0 aromatic heterocycles.